The lowest BCUT2D eigenvalue weighted by Crippen LogP contribution is -2.40. The molecule has 0 saturated carbocycles. The zero-order valence-corrected chi connectivity index (χ0v) is 7.20. The topological polar surface area (TPSA) is 83.8 Å². The lowest BCUT2D eigenvalue weighted by Gasteiger charge is -2.22. The molecule has 0 aliphatic rings. The van der Waals surface area contributed by atoms with Gasteiger partial charge >= 0.3 is 11.9 Å². The first-order valence-electron chi connectivity index (χ1n) is 3.41. The van der Waals surface area contributed by atoms with Gasteiger partial charge in [0.2, 0.25) is 0 Å². The Kier molecular flexibility index (Phi) is 3.21. The van der Waals surface area contributed by atoms with E-state index in [1.54, 1.807) is 0 Å². The van der Waals surface area contributed by atoms with Gasteiger partial charge in [0.15, 0.2) is 11.7 Å². The summed E-state index contributed by atoms with van der Waals surface area (Å²) in [6.07, 6.45) is -1.11. The van der Waals surface area contributed by atoms with Gasteiger partial charge in [-0.25, -0.2) is 9.59 Å². The fourth-order valence-electron chi connectivity index (χ4n) is 0.543. The monoisotopic (exact) mass is 176 g/mol. The Morgan fingerprint density at radius 1 is 1.33 bits per heavy atom. The normalized spacial score (nSPS) is 13.9. The number of hydrogen-bond acceptors (Lipinski definition) is 3. The maximum Gasteiger partial charge on any atom is 0.335 e. The van der Waals surface area contributed by atoms with Crippen LogP contribution in [0, 0.1) is 0 Å². The van der Waals surface area contributed by atoms with E-state index >= 15 is 0 Å². The average molecular weight is 176 g/mol. The van der Waals surface area contributed by atoms with Crippen LogP contribution in [0.2, 0.25) is 0 Å². The highest BCUT2D eigenvalue weighted by atomic mass is 16.6. The smallest absolute Gasteiger partial charge is 0.335 e. The number of rotatable bonds is 4. The molecular formula is C7H12O5. The molecule has 0 bridgehead atoms. The summed E-state index contributed by atoms with van der Waals surface area (Å²) in [6, 6.07) is 0. The Hall–Kier alpha value is -1.10. The third-order valence-corrected chi connectivity index (χ3v) is 1.33. The van der Waals surface area contributed by atoms with E-state index in [1.807, 2.05) is 0 Å². The van der Waals surface area contributed by atoms with Gasteiger partial charge < -0.3 is 14.9 Å². The average Bonchev–Trinajstić information content (AvgIpc) is 1.85. The minimum absolute atomic E-state index is 1.11. The van der Waals surface area contributed by atoms with E-state index in [1.165, 1.54) is 20.8 Å². The number of carboxylic acids is 2. The largest absolute Gasteiger partial charge is 0.479 e. The first-order chi connectivity index (χ1) is 5.27. The number of carbonyl (C=O) groups is 2. The van der Waals surface area contributed by atoms with Crippen LogP contribution in [0.3, 0.4) is 0 Å². The van der Waals surface area contributed by atoms with Gasteiger partial charge in [0.1, 0.15) is 0 Å². The minimum atomic E-state index is -1.46. The molecule has 5 nitrogen and oxygen atoms in total. The van der Waals surface area contributed by atoms with E-state index in [9.17, 15) is 9.59 Å². The molecule has 2 N–H and O–H groups in total. The molecule has 0 radical (unpaired) electrons. The molecule has 0 aliphatic carbocycles. The molecule has 0 aromatic carbocycles. The lowest BCUT2D eigenvalue weighted by molar-refractivity contribution is -0.175. The Morgan fingerprint density at radius 3 is 2.00 bits per heavy atom. The van der Waals surface area contributed by atoms with Crippen LogP contribution in [0.5, 0.6) is 0 Å². The molecule has 12 heavy (non-hydrogen) atoms. The minimum Gasteiger partial charge on any atom is -0.479 e. The first-order valence-corrected chi connectivity index (χ1v) is 3.41. The SMILES string of the molecule is CC(OC(C)(C)C(=O)O)C(=O)O. The molecule has 0 aliphatic heterocycles. The van der Waals surface area contributed by atoms with Gasteiger partial charge in [0.05, 0.1) is 0 Å². The van der Waals surface area contributed by atoms with E-state index in [-0.39, 0.29) is 0 Å². The molecule has 0 saturated heterocycles. The van der Waals surface area contributed by atoms with Crippen molar-refractivity contribution < 1.29 is 24.5 Å². The summed E-state index contributed by atoms with van der Waals surface area (Å²) >= 11 is 0. The Labute approximate surface area is 70.0 Å². The van der Waals surface area contributed by atoms with Crippen molar-refractivity contribution in [1.29, 1.82) is 0 Å². The highest BCUT2D eigenvalue weighted by Gasteiger charge is 2.32. The van der Waals surface area contributed by atoms with E-state index in [0.29, 0.717) is 0 Å². The van der Waals surface area contributed by atoms with Gasteiger partial charge in [0.25, 0.3) is 0 Å². The maximum absolute atomic E-state index is 10.5. The predicted octanol–water partition coefficient (Wildman–Crippen LogP) is 0.339. The van der Waals surface area contributed by atoms with Gasteiger partial charge in [-0.3, -0.25) is 0 Å². The van der Waals surface area contributed by atoms with Crippen LogP contribution in [0.25, 0.3) is 0 Å². The van der Waals surface area contributed by atoms with Crippen molar-refractivity contribution >= 4 is 11.9 Å². The Bertz CT molecular complexity index is 196. The molecule has 0 amide bonds. The molecule has 0 spiro atoms. The molecule has 0 aromatic rings. The second-order valence-electron chi connectivity index (χ2n) is 2.91. The van der Waals surface area contributed by atoms with Crippen LogP contribution in [0.4, 0.5) is 0 Å². The molecule has 0 heterocycles. The van der Waals surface area contributed by atoms with Gasteiger partial charge in [0, 0.05) is 0 Å². The fraction of sp³-hybridized carbons (Fsp3) is 0.714. The molecular weight excluding hydrogens is 164 g/mol. The molecule has 0 fully saturated rings. The van der Waals surface area contributed by atoms with Crippen molar-refractivity contribution in [3.63, 3.8) is 0 Å². The molecule has 0 aromatic heterocycles. The summed E-state index contributed by atoms with van der Waals surface area (Å²) < 4.78 is 4.76. The summed E-state index contributed by atoms with van der Waals surface area (Å²) in [6.45, 7) is 3.89. The third-order valence-electron chi connectivity index (χ3n) is 1.33. The summed E-state index contributed by atoms with van der Waals surface area (Å²) in [5, 5.41) is 17.0. The predicted molar refractivity (Wildman–Crippen MR) is 39.9 cm³/mol. The summed E-state index contributed by atoms with van der Waals surface area (Å²) in [5.41, 5.74) is -1.46. The third kappa shape index (κ3) is 2.87. The van der Waals surface area contributed by atoms with Crippen molar-refractivity contribution in [3.05, 3.63) is 0 Å². The van der Waals surface area contributed by atoms with Crippen LogP contribution >= 0.6 is 0 Å². The summed E-state index contributed by atoms with van der Waals surface area (Å²) in [4.78, 5) is 20.7. The highest BCUT2D eigenvalue weighted by molar-refractivity contribution is 5.77. The van der Waals surface area contributed by atoms with Gasteiger partial charge in [-0.15, -0.1) is 0 Å². The van der Waals surface area contributed by atoms with E-state index in [0.717, 1.165) is 0 Å². The van der Waals surface area contributed by atoms with Crippen molar-refractivity contribution in [2.45, 2.75) is 32.5 Å². The van der Waals surface area contributed by atoms with Crippen LogP contribution < -0.4 is 0 Å². The molecule has 5 heteroatoms. The number of hydrogen-bond donors (Lipinski definition) is 2. The maximum atomic E-state index is 10.5. The van der Waals surface area contributed by atoms with Crippen molar-refractivity contribution in [2.24, 2.45) is 0 Å². The lowest BCUT2D eigenvalue weighted by atomic mass is 10.1. The standard InChI is InChI=1S/C7H12O5/c1-4(5(8)9)12-7(2,3)6(10)11/h4H,1-3H3,(H,8,9)(H,10,11). The van der Waals surface area contributed by atoms with Gasteiger partial charge in [-0.05, 0) is 20.8 Å². The summed E-state index contributed by atoms with van der Waals surface area (Å²) in [7, 11) is 0. The summed E-state index contributed by atoms with van der Waals surface area (Å²) in [5.74, 6) is -2.36. The number of ether oxygens (including phenoxy) is 1. The van der Waals surface area contributed by atoms with Crippen molar-refractivity contribution in [2.75, 3.05) is 0 Å². The zero-order chi connectivity index (χ0) is 9.94. The van der Waals surface area contributed by atoms with Crippen LogP contribution in [-0.2, 0) is 14.3 Å². The molecule has 1 atom stereocenters. The van der Waals surface area contributed by atoms with Crippen molar-refractivity contribution in [3.8, 4) is 0 Å². The second kappa shape index (κ2) is 3.53. The second-order valence-corrected chi connectivity index (χ2v) is 2.91. The molecule has 1 unspecified atom stereocenters. The van der Waals surface area contributed by atoms with Crippen LogP contribution in [0.15, 0.2) is 0 Å². The van der Waals surface area contributed by atoms with Crippen LogP contribution in [-0.4, -0.2) is 33.9 Å². The Balaban J connectivity index is 4.24. The fourth-order valence-corrected chi connectivity index (χ4v) is 0.543. The first kappa shape index (κ1) is 10.9. The van der Waals surface area contributed by atoms with Gasteiger partial charge in [-0.2, -0.15) is 0 Å². The van der Waals surface area contributed by atoms with Crippen LogP contribution in [0.1, 0.15) is 20.8 Å². The van der Waals surface area contributed by atoms with E-state index in [2.05, 4.69) is 0 Å². The quantitative estimate of drug-likeness (QED) is 0.645. The highest BCUT2D eigenvalue weighted by Crippen LogP contribution is 2.12. The zero-order valence-electron chi connectivity index (χ0n) is 7.20. The van der Waals surface area contributed by atoms with E-state index < -0.39 is 23.6 Å². The molecule has 70 valence electrons. The Morgan fingerprint density at radius 2 is 1.75 bits per heavy atom. The van der Waals surface area contributed by atoms with E-state index in [4.69, 9.17) is 14.9 Å². The number of aliphatic carboxylic acids is 2. The van der Waals surface area contributed by atoms with Gasteiger partial charge in [-0.1, -0.05) is 0 Å². The number of carboxylic acid groups (broad SMARTS) is 2. The molecule has 0 rings (SSSR count). The van der Waals surface area contributed by atoms with Crippen molar-refractivity contribution in [1.82, 2.24) is 0 Å².